The Morgan fingerprint density at radius 1 is 1.50 bits per heavy atom. The summed E-state index contributed by atoms with van der Waals surface area (Å²) < 4.78 is 26.3. The highest BCUT2D eigenvalue weighted by molar-refractivity contribution is 5.45. The summed E-state index contributed by atoms with van der Waals surface area (Å²) in [7, 11) is 0. The number of hydrogen-bond acceptors (Lipinski definition) is 2. The van der Waals surface area contributed by atoms with Crippen molar-refractivity contribution in [3.05, 3.63) is 27.9 Å². The SMILES string of the molecule is CCCC(F)CCc1c[nH]c(=O)c(F)c1N. The number of pyridine rings is 1. The van der Waals surface area contributed by atoms with E-state index in [4.69, 9.17) is 5.73 Å². The fraction of sp³-hybridized carbons (Fsp3) is 0.545. The maximum atomic E-state index is 13.2. The number of rotatable bonds is 5. The summed E-state index contributed by atoms with van der Waals surface area (Å²) in [6.07, 6.45) is 2.34. The molecule has 0 aromatic carbocycles. The molecule has 0 bridgehead atoms. The van der Waals surface area contributed by atoms with Crippen LogP contribution < -0.4 is 11.3 Å². The van der Waals surface area contributed by atoms with Crippen LogP contribution >= 0.6 is 0 Å². The number of nitrogen functional groups attached to an aromatic ring is 1. The number of hydrogen-bond donors (Lipinski definition) is 2. The minimum Gasteiger partial charge on any atom is -0.396 e. The van der Waals surface area contributed by atoms with Gasteiger partial charge in [-0.05, 0) is 24.8 Å². The van der Waals surface area contributed by atoms with E-state index < -0.39 is 17.5 Å². The van der Waals surface area contributed by atoms with Crippen LogP contribution in [0, 0.1) is 5.82 Å². The predicted molar refractivity (Wildman–Crippen MR) is 59.6 cm³/mol. The summed E-state index contributed by atoms with van der Waals surface area (Å²) in [6.45, 7) is 1.90. The molecule has 1 aromatic heterocycles. The smallest absolute Gasteiger partial charge is 0.286 e. The van der Waals surface area contributed by atoms with E-state index in [0.717, 1.165) is 6.42 Å². The molecular formula is C11H16F2N2O. The van der Waals surface area contributed by atoms with Gasteiger partial charge in [0.05, 0.1) is 5.69 Å². The molecule has 0 aliphatic rings. The maximum absolute atomic E-state index is 13.2. The zero-order valence-electron chi connectivity index (χ0n) is 9.22. The predicted octanol–water partition coefficient (Wildman–Crippen LogP) is 2.17. The van der Waals surface area contributed by atoms with Gasteiger partial charge in [0.25, 0.3) is 5.56 Å². The quantitative estimate of drug-likeness (QED) is 0.814. The number of H-pyrrole nitrogens is 1. The number of alkyl halides is 1. The number of aromatic amines is 1. The van der Waals surface area contributed by atoms with Crippen molar-refractivity contribution in [3.8, 4) is 0 Å². The van der Waals surface area contributed by atoms with Gasteiger partial charge in [-0.2, -0.15) is 4.39 Å². The van der Waals surface area contributed by atoms with Crippen molar-refractivity contribution >= 4 is 5.69 Å². The molecule has 0 aliphatic heterocycles. The first-order valence-electron chi connectivity index (χ1n) is 5.35. The molecular weight excluding hydrogens is 214 g/mol. The molecule has 16 heavy (non-hydrogen) atoms. The van der Waals surface area contributed by atoms with E-state index in [0.29, 0.717) is 24.8 Å². The number of aryl methyl sites for hydroxylation is 1. The second kappa shape index (κ2) is 5.63. The molecule has 0 radical (unpaired) electrons. The standard InChI is InChI=1S/C11H16F2N2O/c1-2-3-8(12)5-4-7-6-15-11(16)9(13)10(7)14/h6,8H,2-5H2,1H3,(H3,14,15,16). The molecule has 1 atom stereocenters. The van der Waals surface area contributed by atoms with Gasteiger partial charge in [-0.3, -0.25) is 4.79 Å². The van der Waals surface area contributed by atoms with Crippen LogP contribution in [0.25, 0.3) is 0 Å². The Hall–Kier alpha value is -1.39. The van der Waals surface area contributed by atoms with Gasteiger partial charge in [0, 0.05) is 6.20 Å². The lowest BCUT2D eigenvalue weighted by molar-refractivity contribution is 0.294. The number of anilines is 1. The van der Waals surface area contributed by atoms with E-state index in [1.165, 1.54) is 6.20 Å². The Balaban J connectivity index is 2.68. The molecule has 0 saturated heterocycles. The van der Waals surface area contributed by atoms with Gasteiger partial charge in [-0.1, -0.05) is 13.3 Å². The van der Waals surface area contributed by atoms with Crippen molar-refractivity contribution < 1.29 is 8.78 Å². The molecule has 90 valence electrons. The Kier molecular flexibility index (Phi) is 4.46. The lowest BCUT2D eigenvalue weighted by atomic mass is 10.1. The largest absolute Gasteiger partial charge is 0.396 e. The summed E-state index contributed by atoms with van der Waals surface area (Å²) in [5.41, 5.74) is 4.87. The van der Waals surface area contributed by atoms with E-state index in [-0.39, 0.29) is 5.69 Å². The van der Waals surface area contributed by atoms with Crippen LogP contribution in [0.15, 0.2) is 11.0 Å². The average molecular weight is 230 g/mol. The zero-order valence-corrected chi connectivity index (χ0v) is 9.22. The molecule has 1 heterocycles. The van der Waals surface area contributed by atoms with Crippen LogP contribution in [0.1, 0.15) is 31.7 Å². The van der Waals surface area contributed by atoms with E-state index in [1.54, 1.807) is 0 Å². The lowest BCUT2D eigenvalue weighted by Crippen LogP contribution is -2.15. The van der Waals surface area contributed by atoms with Gasteiger partial charge >= 0.3 is 0 Å². The van der Waals surface area contributed by atoms with Crippen LogP contribution in [-0.4, -0.2) is 11.2 Å². The van der Waals surface area contributed by atoms with E-state index in [1.807, 2.05) is 6.92 Å². The minimum absolute atomic E-state index is 0.174. The highest BCUT2D eigenvalue weighted by atomic mass is 19.1. The Morgan fingerprint density at radius 2 is 2.19 bits per heavy atom. The van der Waals surface area contributed by atoms with Crippen LogP contribution in [0.4, 0.5) is 14.5 Å². The van der Waals surface area contributed by atoms with Gasteiger partial charge in [0.2, 0.25) is 5.82 Å². The molecule has 3 nitrogen and oxygen atoms in total. The number of nitrogens with two attached hydrogens (primary N) is 1. The second-order valence-electron chi connectivity index (χ2n) is 3.80. The van der Waals surface area contributed by atoms with Crippen molar-refractivity contribution in [2.75, 3.05) is 5.73 Å². The normalized spacial score (nSPS) is 12.7. The molecule has 1 rings (SSSR count). The molecule has 0 spiro atoms. The molecule has 1 unspecified atom stereocenters. The maximum Gasteiger partial charge on any atom is 0.286 e. The van der Waals surface area contributed by atoms with Gasteiger partial charge in [0.1, 0.15) is 6.17 Å². The first kappa shape index (κ1) is 12.7. The third kappa shape index (κ3) is 3.05. The topological polar surface area (TPSA) is 58.9 Å². The summed E-state index contributed by atoms with van der Waals surface area (Å²) in [6, 6.07) is 0. The first-order chi connectivity index (χ1) is 7.56. The molecule has 0 fully saturated rings. The molecule has 5 heteroatoms. The monoisotopic (exact) mass is 230 g/mol. The Bertz CT molecular complexity index is 403. The summed E-state index contributed by atoms with van der Waals surface area (Å²) in [5.74, 6) is -0.983. The molecule has 1 aromatic rings. The van der Waals surface area contributed by atoms with Crippen molar-refractivity contribution in [1.82, 2.24) is 4.98 Å². The van der Waals surface area contributed by atoms with Gasteiger partial charge in [0.15, 0.2) is 0 Å². The third-order valence-corrected chi connectivity index (χ3v) is 2.49. The molecule has 0 amide bonds. The average Bonchev–Trinajstić information content (AvgIpc) is 2.25. The van der Waals surface area contributed by atoms with E-state index in [9.17, 15) is 13.6 Å². The fourth-order valence-electron chi connectivity index (χ4n) is 1.53. The van der Waals surface area contributed by atoms with Crippen molar-refractivity contribution in [1.29, 1.82) is 0 Å². The Labute approximate surface area is 92.7 Å². The molecule has 0 saturated carbocycles. The summed E-state index contributed by atoms with van der Waals surface area (Å²) >= 11 is 0. The van der Waals surface area contributed by atoms with Gasteiger partial charge in [-0.25, -0.2) is 4.39 Å². The van der Waals surface area contributed by atoms with E-state index in [2.05, 4.69) is 4.98 Å². The van der Waals surface area contributed by atoms with Crippen molar-refractivity contribution in [3.63, 3.8) is 0 Å². The minimum atomic E-state index is -0.983. The van der Waals surface area contributed by atoms with Gasteiger partial charge < -0.3 is 10.7 Å². The fourth-order valence-corrected chi connectivity index (χ4v) is 1.53. The summed E-state index contributed by atoms with van der Waals surface area (Å²) in [5, 5.41) is 0. The van der Waals surface area contributed by atoms with Crippen molar-refractivity contribution in [2.24, 2.45) is 0 Å². The summed E-state index contributed by atoms with van der Waals surface area (Å²) in [4.78, 5) is 13.1. The Morgan fingerprint density at radius 3 is 2.81 bits per heavy atom. The first-order valence-corrected chi connectivity index (χ1v) is 5.35. The zero-order chi connectivity index (χ0) is 12.1. The molecule has 3 N–H and O–H groups in total. The second-order valence-corrected chi connectivity index (χ2v) is 3.80. The van der Waals surface area contributed by atoms with Crippen LogP contribution in [0.3, 0.4) is 0 Å². The highest BCUT2D eigenvalue weighted by Gasteiger charge is 2.11. The van der Waals surface area contributed by atoms with Crippen LogP contribution in [-0.2, 0) is 6.42 Å². The third-order valence-electron chi connectivity index (χ3n) is 2.49. The van der Waals surface area contributed by atoms with Gasteiger partial charge in [-0.15, -0.1) is 0 Å². The number of halogens is 2. The van der Waals surface area contributed by atoms with Crippen molar-refractivity contribution in [2.45, 2.75) is 38.8 Å². The van der Waals surface area contributed by atoms with Crippen LogP contribution in [0.5, 0.6) is 0 Å². The highest BCUT2D eigenvalue weighted by Crippen LogP contribution is 2.16. The molecule has 0 aliphatic carbocycles. The van der Waals surface area contributed by atoms with Crippen LogP contribution in [0.2, 0.25) is 0 Å². The van der Waals surface area contributed by atoms with E-state index >= 15 is 0 Å². The lowest BCUT2D eigenvalue weighted by Gasteiger charge is -2.08. The number of aromatic nitrogens is 1. The number of nitrogens with one attached hydrogen (secondary N) is 1.